The third kappa shape index (κ3) is 4.63. The molecule has 1 saturated heterocycles. The zero-order valence-corrected chi connectivity index (χ0v) is 17.1. The average molecular weight is 427 g/mol. The molecule has 1 aliphatic heterocycles. The van der Waals surface area contributed by atoms with E-state index >= 15 is 0 Å². The third-order valence-corrected chi connectivity index (χ3v) is 7.29. The SMILES string of the molecule is Cc1ccc(NC(=O)C2CCN(S(=O)(=O)c3ccc(Cl)cc3)CC2)cc1Cl. The van der Waals surface area contributed by atoms with Crippen LogP contribution in [0.3, 0.4) is 0 Å². The van der Waals surface area contributed by atoms with Crippen LogP contribution in [0.4, 0.5) is 5.69 Å². The van der Waals surface area contributed by atoms with Gasteiger partial charge in [0.25, 0.3) is 0 Å². The Morgan fingerprint density at radius 1 is 1.07 bits per heavy atom. The van der Waals surface area contributed by atoms with Gasteiger partial charge in [-0.1, -0.05) is 29.3 Å². The van der Waals surface area contributed by atoms with E-state index in [1.165, 1.54) is 16.4 Å². The lowest BCUT2D eigenvalue weighted by atomic mass is 9.97. The second kappa shape index (κ2) is 8.19. The van der Waals surface area contributed by atoms with Crippen molar-refractivity contribution in [3.8, 4) is 0 Å². The second-order valence-corrected chi connectivity index (χ2v) is 9.37. The van der Waals surface area contributed by atoms with Crippen LogP contribution >= 0.6 is 23.2 Å². The molecule has 2 aromatic rings. The maximum absolute atomic E-state index is 12.7. The Labute approximate surface area is 169 Å². The first kappa shape index (κ1) is 20.1. The average Bonchev–Trinajstić information content (AvgIpc) is 2.65. The van der Waals surface area contributed by atoms with E-state index in [9.17, 15) is 13.2 Å². The molecule has 1 N–H and O–H groups in total. The molecule has 0 unspecified atom stereocenters. The highest BCUT2D eigenvalue weighted by molar-refractivity contribution is 7.89. The van der Waals surface area contributed by atoms with E-state index < -0.39 is 10.0 Å². The molecule has 27 heavy (non-hydrogen) atoms. The van der Waals surface area contributed by atoms with E-state index in [2.05, 4.69) is 5.32 Å². The van der Waals surface area contributed by atoms with Gasteiger partial charge in [-0.05, 0) is 61.7 Å². The van der Waals surface area contributed by atoms with Crippen molar-refractivity contribution in [2.75, 3.05) is 18.4 Å². The van der Waals surface area contributed by atoms with Crippen LogP contribution in [0.1, 0.15) is 18.4 Å². The van der Waals surface area contributed by atoms with Crippen molar-refractivity contribution < 1.29 is 13.2 Å². The standard InChI is InChI=1S/C19H20Cl2N2O3S/c1-13-2-5-16(12-18(13)21)22-19(24)14-8-10-23(11-9-14)27(25,26)17-6-3-15(20)4-7-17/h2-7,12,14H,8-11H2,1H3,(H,22,24). The predicted octanol–water partition coefficient (Wildman–Crippen LogP) is 4.34. The highest BCUT2D eigenvalue weighted by atomic mass is 35.5. The zero-order chi connectivity index (χ0) is 19.6. The molecule has 8 heteroatoms. The summed E-state index contributed by atoms with van der Waals surface area (Å²) in [6.45, 7) is 2.50. The molecule has 1 fully saturated rings. The highest BCUT2D eigenvalue weighted by Gasteiger charge is 2.32. The number of halogens is 2. The molecule has 144 valence electrons. The summed E-state index contributed by atoms with van der Waals surface area (Å²) in [5.74, 6) is -0.347. The Balaban J connectivity index is 1.61. The number of hydrogen-bond acceptors (Lipinski definition) is 3. The molecule has 3 rings (SSSR count). The largest absolute Gasteiger partial charge is 0.326 e. The van der Waals surface area contributed by atoms with Crippen LogP contribution in [0.25, 0.3) is 0 Å². The summed E-state index contributed by atoms with van der Waals surface area (Å²) in [6.07, 6.45) is 0.941. The summed E-state index contributed by atoms with van der Waals surface area (Å²) in [4.78, 5) is 12.7. The monoisotopic (exact) mass is 426 g/mol. The van der Waals surface area contributed by atoms with Gasteiger partial charge in [0.1, 0.15) is 0 Å². The van der Waals surface area contributed by atoms with Crippen molar-refractivity contribution >= 4 is 44.8 Å². The lowest BCUT2D eigenvalue weighted by Gasteiger charge is -2.30. The molecule has 0 aromatic heterocycles. The van der Waals surface area contributed by atoms with Gasteiger partial charge >= 0.3 is 0 Å². The Kier molecular flexibility index (Phi) is 6.11. The molecular formula is C19H20Cl2N2O3S. The van der Waals surface area contributed by atoms with Gasteiger partial charge in [-0.15, -0.1) is 0 Å². The van der Waals surface area contributed by atoms with E-state index in [4.69, 9.17) is 23.2 Å². The van der Waals surface area contributed by atoms with Crippen LogP contribution in [-0.4, -0.2) is 31.7 Å². The molecule has 1 aliphatic rings. The maximum Gasteiger partial charge on any atom is 0.243 e. The van der Waals surface area contributed by atoms with E-state index in [0.717, 1.165) is 5.56 Å². The molecule has 5 nitrogen and oxygen atoms in total. The number of amides is 1. The Morgan fingerprint density at radius 3 is 2.30 bits per heavy atom. The first-order valence-electron chi connectivity index (χ1n) is 8.60. The lowest BCUT2D eigenvalue weighted by Crippen LogP contribution is -2.41. The summed E-state index contributed by atoms with van der Waals surface area (Å²) in [5, 5.41) is 3.95. The summed E-state index contributed by atoms with van der Waals surface area (Å²) in [7, 11) is -3.57. The van der Waals surface area contributed by atoms with Crippen molar-refractivity contribution in [2.24, 2.45) is 5.92 Å². The fourth-order valence-corrected chi connectivity index (χ4v) is 4.81. The Hall–Kier alpha value is -1.60. The van der Waals surface area contributed by atoms with Gasteiger partial charge in [-0.3, -0.25) is 4.79 Å². The fraction of sp³-hybridized carbons (Fsp3) is 0.316. The number of rotatable bonds is 4. The molecule has 0 saturated carbocycles. The number of nitrogens with one attached hydrogen (secondary N) is 1. The molecular weight excluding hydrogens is 407 g/mol. The topological polar surface area (TPSA) is 66.5 Å². The minimum Gasteiger partial charge on any atom is -0.326 e. The van der Waals surface area contributed by atoms with Crippen LogP contribution in [-0.2, 0) is 14.8 Å². The van der Waals surface area contributed by atoms with Crippen LogP contribution < -0.4 is 5.32 Å². The number of nitrogens with zero attached hydrogens (tertiary/aromatic N) is 1. The number of anilines is 1. The lowest BCUT2D eigenvalue weighted by molar-refractivity contribution is -0.120. The third-order valence-electron chi connectivity index (χ3n) is 4.72. The van der Waals surface area contributed by atoms with Crippen molar-refractivity contribution in [1.82, 2.24) is 4.31 Å². The first-order chi connectivity index (χ1) is 12.8. The number of carbonyl (C=O) groups excluding carboxylic acids is 1. The summed E-state index contributed by atoms with van der Waals surface area (Å²) in [5.41, 5.74) is 1.59. The molecule has 1 amide bonds. The van der Waals surface area contributed by atoms with Crippen LogP contribution in [0, 0.1) is 12.8 Å². The summed E-state index contributed by atoms with van der Waals surface area (Å²) >= 11 is 11.9. The van der Waals surface area contributed by atoms with Crippen LogP contribution in [0.5, 0.6) is 0 Å². The van der Waals surface area contributed by atoms with E-state index in [0.29, 0.717) is 41.7 Å². The number of hydrogen-bond donors (Lipinski definition) is 1. The van der Waals surface area contributed by atoms with Gasteiger partial charge in [0.15, 0.2) is 0 Å². The van der Waals surface area contributed by atoms with Gasteiger partial charge in [-0.2, -0.15) is 4.31 Å². The number of benzene rings is 2. The molecule has 1 heterocycles. The quantitative estimate of drug-likeness (QED) is 0.790. The van der Waals surface area contributed by atoms with Gasteiger partial charge in [0.05, 0.1) is 4.90 Å². The highest BCUT2D eigenvalue weighted by Crippen LogP contribution is 2.26. The molecule has 2 aromatic carbocycles. The van der Waals surface area contributed by atoms with E-state index in [1.807, 2.05) is 13.0 Å². The molecule has 0 spiro atoms. The van der Waals surface area contributed by atoms with Crippen molar-refractivity contribution in [1.29, 1.82) is 0 Å². The molecule has 0 atom stereocenters. The van der Waals surface area contributed by atoms with Crippen LogP contribution in [0.2, 0.25) is 10.0 Å². The minimum absolute atomic E-state index is 0.113. The molecule has 0 bridgehead atoms. The van der Waals surface area contributed by atoms with E-state index in [1.54, 1.807) is 24.3 Å². The number of piperidine rings is 1. The zero-order valence-electron chi connectivity index (χ0n) is 14.8. The number of sulfonamides is 1. The summed E-state index contributed by atoms with van der Waals surface area (Å²) in [6, 6.07) is 11.5. The number of aryl methyl sites for hydroxylation is 1. The predicted molar refractivity (Wildman–Crippen MR) is 108 cm³/mol. The maximum atomic E-state index is 12.7. The van der Waals surface area contributed by atoms with Gasteiger partial charge in [-0.25, -0.2) is 8.42 Å². The Morgan fingerprint density at radius 2 is 1.70 bits per heavy atom. The normalized spacial score (nSPS) is 16.3. The smallest absolute Gasteiger partial charge is 0.243 e. The van der Waals surface area contributed by atoms with Crippen molar-refractivity contribution in [3.05, 3.63) is 58.1 Å². The fourth-order valence-electron chi connectivity index (χ4n) is 3.03. The number of carbonyl (C=O) groups is 1. The molecule has 0 aliphatic carbocycles. The van der Waals surface area contributed by atoms with Gasteiger partial charge < -0.3 is 5.32 Å². The first-order valence-corrected chi connectivity index (χ1v) is 10.8. The van der Waals surface area contributed by atoms with Crippen molar-refractivity contribution in [3.63, 3.8) is 0 Å². The molecule has 0 radical (unpaired) electrons. The summed E-state index contributed by atoms with van der Waals surface area (Å²) < 4.78 is 26.8. The second-order valence-electron chi connectivity index (χ2n) is 6.59. The van der Waals surface area contributed by atoms with Gasteiger partial charge in [0.2, 0.25) is 15.9 Å². The minimum atomic E-state index is -3.57. The van der Waals surface area contributed by atoms with Crippen molar-refractivity contribution in [2.45, 2.75) is 24.7 Å². The van der Waals surface area contributed by atoms with Gasteiger partial charge in [0, 0.05) is 34.7 Å². The van der Waals surface area contributed by atoms with Crippen LogP contribution in [0.15, 0.2) is 47.4 Å². The Bertz CT molecular complexity index is 938. The van der Waals surface area contributed by atoms with E-state index in [-0.39, 0.29) is 16.7 Å².